The molecular formula is C30H32S2. The predicted molar refractivity (Wildman–Crippen MR) is 146 cm³/mol. The largest absolute Gasteiger partial charge is 0.134 e. The summed E-state index contributed by atoms with van der Waals surface area (Å²) in [6, 6.07) is 14.1. The van der Waals surface area contributed by atoms with Gasteiger partial charge in [0.1, 0.15) is 0 Å². The third kappa shape index (κ3) is 4.20. The van der Waals surface area contributed by atoms with Gasteiger partial charge in [0.25, 0.3) is 0 Å². The van der Waals surface area contributed by atoms with Gasteiger partial charge < -0.3 is 0 Å². The number of fused-ring (bicyclic) bond motifs is 5. The van der Waals surface area contributed by atoms with E-state index in [0.29, 0.717) is 0 Å². The predicted octanol–water partition coefficient (Wildman–Crippen LogP) is 10.5. The van der Waals surface area contributed by atoms with Crippen molar-refractivity contribution in [3.63, 3.8) is 0 Å². The van der Waals surface area contributed by atoms with Gasteiger partial charge in [-0.25, -0.2) is 0 Å². The van der Waals surface area contributed by atoms with Crippen molar-refractivity contribution in [2.75, 3.05) is 0 Å². The van der Waals surface area contributed by atoms with Gasteiger partial charge in [-0.05, 0) is 60.8 Å². The van der Waals surface area contributed by atoms with Crippen LogP contribution in [0.5, 0.6) is 0 Å². The average molecular weight is 457 g/mol. The first-order valence-corrected chi connectivity index (χ1v) is 14.2. The Morgan fingerprint density at radius 3 is 1.44 bits per heavy atom. The maximum Gasteiger partial charge on any atom is 0.0542 e. The number of benzene rings is 2. The van der Waals surface area contributed by atoms with Crippen LogP contribution in [0.2, 0.25) is 0 Å². The molecule has 2 aliphatic rings. The van der Waals surface area contributed by atoms with Crippen molar-refractivity contribution in [2.24, 2.45) is 11.8 Å². The van der Waals surface area contributed by atoms with Gasteiger partial charge in [0.2, 0.25) is 0 Å². The van der Waals surface area contributed by atoms with Gasteiger partial charge in [0, 0.05) is 20.2 Å². The molecule has 0 unspecified atom stereocenters. The van der Waals surface area contributed by atoms with Crippen LogP contribution in [0.15, 0.2) is 48.6 Å². The van der Waals surface area contributed by atoms with Crippen LogP contribution in [0.3, 0.4) is 0 Å². The molecule has 0 spiro atoms. The van der Waals surface area contributed by atoms with Gasteiger partial charge in [0.15, 0.2) is 0 Å². The van der Waals surface area contributed by atoms with Gasteiger partial charge >= 0.3 is 0 Å². The topological polar surface area (TPSA) is 0 Å². The normalized spacial score (nSPS) is 19.4. The molecule has 2 aromatic heterocycles. The van der Waals surface area contributed by atoms with Gasteiger partial charge in [-0.15, -0.1) is 22.7 Å². The second kappa shape index (κ2) is 9.15. The number of rotatable bonds is 4. The molecule has 2 heteroatoms. The molecule has 0 atom stereocenters. The van der Waals surface area contributed by atoms with E-state index in [2.05, 4.69) is 60.7 Å². The molecule has 2 aromatic carbocycles. The summed E-state index contributed by atoms with van der Waals surface area (Å²) in [5.41, 5.74) is 2.72. The fourth-order valence-corrected chi connectivity index (χ4v) is 8.39. The first-order valence-electron chi connectivity index (χ1n) is 12.6. The molecule has 0 bridgehead atoms. The quantitative estimate of drug-likeness (QED) is 0.286. The standard InChI is InChI=1S/C30H32S2/c1-3-7-21(8-4-1)11-13-23-15-17-25-27(19-23)31-30-26-18-16-24(20-28(26)32-29(25)30)14-12-22-9-5-2-6-10-22/h11-22H,1-10H2/b13-11+,14-12+. The number of allylic oxidation sites excluding steroid dienone is 2. The minimum absolute atomic E-state index is 0.788. The highest BCUT2D eigenvalue weighted by molar-refractivity contribution is 7.36. The van der Waals surface area contributed by atoms with Crippen LogP contribution in [-0.4, -0.2) is 0 Å². The number of hydrogen-bond acceptors (Lipinski definition) is 2. The van der Waals surface area contributed by atoms with Crippen LogP contribution in [0.25, 0.3) is 41.7 Å². The maximum absolute atomic E-state index is 2.47. The van der Waals surface area contributed by atoms with Crippen molar-refractivity contribution >= 4 is 64.4 Å². The van der Waals surface area contributed by atoms with E-state index < -0.39 is 0 Å². The summed E-state index contributed by atoms with van der Waals surface area (Å²) in [6.07, 6.45) is 23.6. The first-order chi connectivity index (χ1) is 15.8. The van der Waals surface area contributed by atoms with Crippen LogP contribution >= 0.6 is 22.7 Å². The average Bonchev–Trinajstić information content (AvgIpc) is 3.38. The molecule has 6 rings (SSSR count). The highest BCUT2D eigenvalue weighted by Gasteiger charge is 2.14. The Hall–Kier alpha value is -1.90. The van der Waals surface area contributed by atoms with Crippen molar-refractivity contribution in [3.05, 3.63) is 59.7 Å². The smallest absolute Gasteiger partial charge is 0.0542 e. The van der Waals surface area contributed by atoms with E-state index >= 15 is 0 Å². The molecule has 0 aliphatic heterocycles. The zero-order valence-electron chi connectivity index (χ0n) is 18.8. The van der Waals surface area contributed by atoms with Gasteiger partial charge in [0.05, 0.1) is 9.40 Å². The van der Waals surface area contributed by atoms with Gasteiger partial charge in [-0.3, -0.25) is 0 Å². The Kier molecular flexibility index (Phi) is 5.92. The third-order valence-corrected chi connectivity index (χ3v) is 10.1. The molecule has 4 aromatic rings. The van der Waals surface area contributed by atoms with Crippen molar-refractivity contribution in [2.45, 2.75) is 64.2 Å². The summed E-state index contributed by atoms with van der Waals surface area (Å²) in [5.74, 6) is 1.58. The molecule has 2 aliphatic carbocycles. The lowest BCUT2D eigenvalue weighted by Crippen LogP contribution is -2.02. The van der Waals surface area contributed by atoms with Crippen LogP contribution < -0.4 is 0 Å². The fraction of sp³-hybridized carbons (Fsp3) is 0.400. The monoisotopic (exact) mass is 456 g/mol. The highest BCUT2D eigenvalue weighted by atomic mass is 32.1. The van der Waals surface area contributed by atoms with E-state index in [-0.39, 0.29) is 0 Å². The van der Waals surface area contributed by atoms with Crippen molar-refractivity contribution in [3.8, 4) is 0 Å². The van der Waals surface area contributed by atoms with E-state index in [4.69, 9.17) is 0 Å². The zero-order chi connectivity index (χ0) is 21.3. The molecule has 164 valence electrons. The minimum Gasteiger partial charge on any atom is -0.134 e. The maximum atomic E-state index is 2.47. The molecular weight excluding hydrogens is 424 g/mol. The van der Waals surface area contributed by atoms with Crippen LogP contribution in [0.1, 0.15) is 75.3 Å². The van der Waals surface area contributed by atoms with E-state index in [1.807, 2.05) is 22.7 Å². The lowest BCUT2D eigenvalue weighted by molar-refractivity contribution is 0.420. The van der Waals surface area contributed by atoms with Crippen LogP contribution in [-0.2, 0) is 0 Å². The Labute approximate surface area is 199 Å². The molecule has 32 heavy (non-hydrogen) atoms. The van der Waals surface area contributed by atoms with E-state index in [1.165, 1.54) is 105 Å². The zero-order valence-corrected chi connectivity index (χ0v) is 20.4. The van der Waals surface area contributed by atoms with E-state index in [9.17, 15) is 0 Å². The van der Waals surface area contributed by atoms with Crippen LogP contribution in [0, 0.1) is 11.8 Å². The Morgan fingerprint density at radius 1 is 0.562 bits per heavy atom. The molecule has 0 N–H and O–H groups in total. The molecule has 2 fully saturated rings. The van der Waals surface area contributed by atoms with E-state index in [0.717, 1.165) is 11.8 Å². The van der Waals surface area contributed by atoms with Gasteiger partial charge in [-0.2, -0.15) is 0 Å². The Balaban J connectivity index is 1.28. The molecule has 0 saturated heterocycles. The Morgan fingerprint density at radius 2 is 1.00 bits per heavy atom. The summed E-state index contributed by atoms with van der Waals surface area (Å²) in [7, 11) is 0. The molecule has 2 saturated carbocycles. The third-order valence-electron chi connectivity index (χ3n) is 7.55. The highest BCUT2D eigenvalue weighted by Crippen LogP contribution is 2.44. The minimum atomic E-state index is 0.788. The van der Waals surface area contributed by atoms with Crippen molar-refractivity contribution in [1.82, 2.24) is 0 Å². The van der Waals surface area contributed by atoms with Crippen molar-refractivity contribution in [1.29, 1.82) is 0 Å². The first kappa shape index (κ1) is 20.7. The van der Waals surface area contributed by atoms with Gasteiger partial charge in [-0.1, -0.05) is 87.1 Å². The van der Waals surface area contributed by atoms with Crippen LogP contribution in [0.4, 0.5) is 0 Å². The summed E-state index contributed by atoms with van der Waals surface area (Å²) >= 11 is 3.95. The fourth-order valence-electron chi connectivity index (χ4n) is 5.64. The molecule has 0 nitrogen and oxygen atoms in total. The summed E-state index contributed by atoms with van der Waals surface area (Å²) in [5, 5.41) is 2.86. The summed E-state index contributed by atoms with van der Waals surface area (Å²) < 4.78 is 5.80. The number of hydrogen-bond donors (Lipinski definition) is 0. The molecule has 0 amide bonds. The molecule has 0 radical (unpaired) electrons. The molecule has 2 heterocycles. The summed E-state index contributed by atoms with van der Waals surface area (Å²) in [4.78, 5) is 0. The second-order valence-electron chi connectivity index (χ2n) is 9.89. The number of thiophene rings is 2. The van der Waals surface area contributed by atoms with Crippen molar-refractivity contribution < 1.29 is 0 Å². The second-order valence-corrected chi connectivity index (χ2v) is 12.0. The lowest BCUT2D eigenvalue weighted by Gasteiger charge is -2.17. The lowest BCUT2D eigenvalue weighted by atomic mass is 9.89. The Bertz CT molecular complexity index is 1190. The summed E-state index contributed by atoms with van der Waals surface area (Å²) in [6.45, 7) is 0. The SMILES string of the molecule is C(=C\C1CCCCC1)/c1ccc2c(c1)sc1c3ccc(/C=C/C4CCCCC4)cc3sc21. The van der Waals surface area contributed by atoms with E-state index in [1.54, 1.807) is 0 Å².